The maximum absolute atomic E-state index is 15.0. The number of hydrogen-bond donors (Lipinski definition) is 4. The van der Waals surface area contributed by atoms with Gasteiger partial charge in [-0.05, 0) is 32.0 Å². The average molecular weight is 600 g/mol. The minimum Gasteiger partial charge on any atom is -0.453 e. The number of aliphatic hydroxyl groups excluding tert-OH is 1. The van der Waals surface area contributed by atoms with E-state index in [-0.39, 0.29) is 22.3 Å². The highest BCUT2D eigenvalue weighted by atomic mass is 19.4. The zero-order valence-electron chi connectivity index (χ0n) is 21.8. The van der Waals surface area contributed by atoms with Crippen LogP contribution in [-0.2, 0) is 20.9 Å². The molecule has 0 aliphatic carbocycles. The molecule has 0 spiro atoms. The largest absolute Gasteiger partial charge is 0.453 e. The Morgan fingerprint density at radius 1 is 1.20 bits per heavy atom. The fraction of sp³-hybridized carbons (Fsp3) is 0.478. The Balaban J connectivity index is 2.42. The summed E-state index contributed by atoms with van der Waals surface area (Å²) in [5, 5.41) is 18.3. The van der Waals surface area contributed by atoms with E-state index in [9.17, 15) is 41.4 Å². The van der Waals surface area contributed by atoms with Gasteiger partial charge in [-0.2, -0.15) is 27.1 Å². The highest BCUT2D eigenvalue weighted by Crippen LogP contribution is 2.40. The van der Waals surface area contributed by atoms with E-state index in [1.165, 1.54) is 0 Å². The Morgan fingerprint density at radius 2 is 1.80 bits per heavy atom. The number of aliphatic hydroxyl groups is 1. The SMILES string of the molecule is COC(=O)NC(C(=O)NN(Cc1c(F)cc(-c2ccn(C(F)F)n2)cc1F)CC(O)CNC=O)C(C)(C)C(F)(F)F. The molecule has 18 heteroatoms. The van der Waals surface area contributed by atoms with E-state index >= 15 is 8.78 Å². The number of nitrogens with one attached hydrogen (secondary N) is 3. The number of halogens is 7. The number of nitrogens with zero attached hydrogens (tertiary/aromatic N) is 3. The first kappa shape index (κ1) is 33.3. The second kappa shape index (κ2) is 13.6. The van der Waals surface area contributed by atoms with Gasteiger partial charge in [-0.1, -0.05) is 0 Å². The van der Waals surface area contributed by atoms with Crippen molar-refractivity contribution in [1.82, 2.24) is 30.8 Å². The van der Waals surface area contributed by atoms with Gasteiger partial charge in [0.25, 0.3) is 5.91 Å². The Labute approximate surface area is 228 Å². The van der Waals surface area contributed by atoms with Crippen LogP contribution in [0.2, 0.25) is 0 Å². The minimum absolute atomic E-state index is 0.193. The molecule has 1 heterocycles. The molecule has 2 atom stereocenters. The zero-order valence-corrected chi connectivity index (χ0v) is 21.8. The summed E-state index contributed by atoms with van der Waals surface area (Å²) in [4.78, 5) is 35.3. The van der Waals surface area contributed by atoms with Crippen LogP contribution in [0, 0.1) is 17.0 Å². The molecule has 41 heavy (non-hydrogen) atoms. The van der Waals surface area contributed by atoms with Crippen molar-refractivity contribution in [2.45, 2.75) is 45.3 Å². The number of amides is 3. The van der Waals surface area contributed by atoms with Gasteiger partial charge in [-0.15, -0.1) is 0 Å². The Kier molecular flexibility index (Phi) is 11.1. The van der Waals surface area contributed by atoms with Crippen molar-refractivity contribution in [3.05, 3.63) is 41.6 Å². The summed E-state index contributed by atoms with van der Waals surface area (Å²) in [7, 11) is 0.848. The molecule has 0 aliphatic heterocycles. The van der Waals surface area contributed by atoms with Crippen molar-refractivity contribution in [1.29, 1.82) is 0 Å². The number of carbonyl (C=O) groups excluding carboxylic acids is 3. The number of alkyl halides is 5. The predicted molar refractivity (Wildman–Crippen MR) is 127 cm³/mol. The summed E-state index contributed by atoms with van der Waals surface area (Å²) in [6.45, 7) is -3.71. The number of aromatic nitrogens is 2. The molecular weight excluding hydrogens is 573 g/mol. The van der Waals surface area contributed by atoms with E-state index in [2.05, 4.69) is 15.2 Å². The zero-order chi connectivity index (χ0) is 31.1. The third kappa shape index (κ3) is 8.53. The van der Waals surface area contributed by atoms with Crippen LogP contribution in [0.5, 0.6) is 0 Å². The molecule has 1 aromatic carbocycles. The Hall–Kier alpha value is -3.93. The van der Waals surface area contributed by atoms with Crippen molar-refractivity contribution in [3.63, 3.8) is 0 Å². The van der Waals surface area contributed by atoms with E-state index < -0.39 is 79.1 Å². The van der Waals surface area contributed by atoms with Crippen LogP contribution < -0.4 is 16.1 Å². The molecule has 11 nitrogen and oxygen atoms in total. The van der Waals surface area contributed by atoms with E-state index in [0.717, 1.165) is 31.5 Å². The van der Waals surface area contributed by atoms with E-state index in [1.54, 1.807) is 5.32 Å². The first-order chi connectivity index (χ1) is 19.0. The van der Waals surface area contributed by atoms with Gasteiger partial charge >= 0.3 is 18.8 Å². The standard InChI is InChI=1S/C23H27F7N6O5/c1-22(2,23(28,29)30)18(32-21(40)41-3)19(39)34-35(9-13(38)8-31-11-37)10-14-15(24)6-12(7-16(14)25)17-4-5-36(33-17)20(26)27/h4-7,11,13,18,20,38H,8-10H2,1-3H3,(H,31,37)(H,32,40)(H,34,39). The number of carbonyl (C=O) groups is 3. The summed E-state index contributed by atoms with van der Waals surface area (Å²) >= 11 is 0. The van der Waals surface area contributed by atoms with Gasteiger partial charge < -0.3 is 20.5 Å². The number of benzene rings is 1. The maximum Gasteiger partial charge on any atom is 0.407 e. The lowest BCUT2D eigenvalue weighted by molar-refractivity contribution is -0.221. The van der Waals surface area contributed by atoms with Crippen LogP contribution in [0.1, 0.15) is 26.0 Å². The summed E-state index contributed by atoms with van der Waals surface area (Å²) < 4.78 is 101. The molecule has 2 rings (SSSR count). The Bertz CT molecular complexity index is 1200. The fourth-order valence-electron chi connectivity index (χ4n) is 3.48. The third-order valence-corrected chi connectivity index (χ3v) is 5.89. The van der Waals surface area contributed by atoms with E-state index in [0.29, 0.717) is 18.9 Å². The van der Waals surface area contributed by atoms with Gasteiger partial charge in [0.2, 0.25) is 6.41 Å². The molecule has 0 fully saturated rings. The molecule has 228 valence electrons. The highest BCUT2D eigenvalue weighted by molar-refractivity contribution is 5.86. The van der Waals surface area contributed by atoms with Gasteiger partial charge in [-0.25, -0.2) is 23.3 Å². The summed E-state index contributed by atoms with van der Waals surface area (Å²) in [5.41, 5.74) is -2.01. The summed E-state index contributed by atoms with van der Waals surface area (Å²) in [6.07, 6.45) is -6.80. The van der Waals surface area contributed by atoms with Crippen molar-refractivity contribution >= 4 is 18.4 Å². The molecule has 2 aromatic rings. The first-order valence-corrected chi connectivity index (χ1v) is 11.6. The third-order valence-electron chi connectivity index (χ3n) is 5.89. The van der Waals surface area contributed by atoms with Crippen molar-refractivity contribution < 1.29 is 55.0 Å². The van der Waals surface area contributed by atoms with Crippen LogP contribution in [0.3, 0.4) is 0 Å². The molecular formula is C23H27F7N6O5. The number of rotatable bonds is 13. The smallest absolute Gasteiger partial charge is 0.407 e. The second-order valence-corrected chi connectivity index (χ2v) is 9.20. The molecule has 0 aliphatic rings. The normalized spacial score (nSPS) is 13.6. The van der Waals surface area contributed by atoms with E-state index in [4.69, 9.17) is 0 Å². The van der Waals surface area contributed by atoms with Gasteiger partial charge in [-0.3, -0.25) is 15.0 Å². The van der Waals surface area contributed by atoms with Gasteiger partial charge in [0, 0.05) is 37.0 Å². The first-order valence-electron chi connectivity index (χ1n) is 11.6. The molecule has 0 bridgehead atoms. The van der Waals surface area contributed by atoms with Crippen LogP contribution in [0.15, 0.2) is 24.4 Å². The number of alkyl carbamates (subject to hydrolysis) is 1. The van der Waals surface area contributed by atoms with Gasteiger partial charge in [0.15, 0.2) is 0 Å². The van der Waals surface area contributed by atoms with Gasteiger partial charge in [0.05, 0.1) is 24.3 Å². The summed E-state index contributed by atoms with van der Waals surface area (Å²) in [6, 6.07) is 0.287. The molecule has 2 unspecified atom stereocenters. The predicted octanol–water partition coefficient (Wildman–Crippen LogP) is 2.48. The lowest BCUT2D eigenvalue weighted by Crippen LogP contribution is -2.62. The molecule has 4 N–H and O–H groups in total. The van der Waals surface area contributed by atoms with Crippen molar-refractivity contribution in [2.75, 3.05) is 20.2 Å². The molecule has 1 aromatic heterocycles. The second-order valence-electron chi connectivity index (χ2n) is 9.20. The van der Waals surface area contributed by atoms with Crippen molar-refractivity contribution in [2.24, 2.45) is 5.41 Å². The number of hydrogen-bond acceptors (Lipinski definition) is 7. The monoisotopic (exact) mass is 600 g/mol. The minimum atomic E-state index is -5.03. The van der Waals surface area contributed by atoms with Gasteiger partial charge in [0.1, 0.15) is 17.7 Å². The molecule has 0 radical (unpaired) electrons. The van der Waals surface area contributed by atoms with Crippen LogP contribution in [0.4, 0.5) is 35.5 Å². The van der Waals surface area contributed by atoms with Crippen molar-refractivity contribution in [3.8, 4) is 11.3 Å². The fourth-order valence-corrected chi connectivity index (χ4v) is 3.48. The highest BCUT2D eigenvalue weighted by Gasteiger charge is 2.56. The molecule has 0 saturated heterocycles. The number of methoxy groups -OCH3 is 1. The quantitative estimate of drug-likeness (QED) is 0.158. The number of ether oxygens (including phenoxy) is 1. The molecule has 3 amide bonds. The van der Waals surface area contributed by atoms with E-state index in [1.807, 2.05) is 5.43 Å². The van der Waals surface area contributed by atoms with Crippen LogP contribution >= 0.6 is 0 Å². The lowest BCUT2D eigenvalue weighted by Gasteiger charge is -2.36. The van der Waals surface area contributed by atoms with Crippen LogP contribution in [0.25, 0.3) is 11.3 Å². The molecule has 0 saturated carbocycles. The number of hydrazine groups is 1. The van der Waals surface area contributed by atoms with Crippen LogP contribution in [-0.4, -0.2) is 76.8 Å². The lowest BCUT2D eigenvalue weighted by atomic mass is 9.83. The average Bonchev–Trinajstić information content (AvgIpc) is 3.37. The maximum atomic E-state index is 15.0. The Morgan fingerprint density at radius 3 is 2.29 bits per heavy atom. The summed E-state index contributed by atoms with van der Waals surface area (Å²) in [5.74, 6) is -3.97. The topological polar surface area (TPSA) is 138 Å².